The lowest BCUT2D eigenvalue weighted by molar-refractivity contribution is 0.0991. The lowest BCUT2D eigenvalue weighted by Crippen LogP contribution is -2.01. The molecule has 0 bridgehead atoms. The maximum absolute atomic E-state index is 5.76. The van der Waals surface area contributed by atoms with Gasteiger partial charge in [0.25, 0.3) is 0 Å². The Balaban J connectivity index is 2.98. The molecule has 0 fully saturated rings. The Morgan fingerprint density at radius 2 is 0.438 bits per heavy atom. The summed E-state index contributed by atoms with van der Waals surface area (Å²) in [6.07, 6.45) is 29.0. The van der Waals surface area contributed by atoms with Crippen LogP contribution in [0.25, 0.3) is 0 Å². The molecule has 0 aromatic rings. The fourth-order valence-electron chi connectivity index (χ4n) is 4.14. The predicted octanol–water partition coefficient (Wildman–Crippen LogP) is 7.52. The van der Waals surface area contributed by atoms with Gasteiger partial charge in [0.15, 0.2) is 0 Å². The summed E-state index contributed by atoms with van der Waals surface area (Å²) in [5, 5.41) is 0. The first-order chi connectivity index (χ1) is 15.9. The first kappa shape index (κ1) is 31.8. The SMILES string of the molecule is NCCCCCCCCCCCCOCCCCOCCCCCCCCCCCCN. The van der Waals surface area contributed by atoms with Gasteiger partial charge in [-0.05, 0) is 51.6 Å². The van der Waals surface area contributed by atoms with E-state index in [1.165, 1.54) is 128 Å². The minimum Gasteiger partial charge on any atom is -0.381 e. The second kappa shape index (κ2) is 30.8. The molecule has 0 radical (unpaired) electrons. The van der Waals surface area contributed by atoms with Crippen LogP contribution in [0.1, 0.15) is 141 Å². The number of nitrogens with two attached hydrogens (primary N) is 2. The molecule has 4 nitrogen and oxygen atoms in total. The largest absolute Gasteiger partial charge is 0.381 e. The predicted molar refractivity (Wildman–Crippen MR) is 141 cm³/mol. The van der Waals surface area contributed by atoms with E-state index in [1.54, 1.807) is 0 Å². The molecule has 0 heterocycles. The third-order valence-corrected chi connectivity index (χ3v) is 6.31. The Labute approximate surface area is 201 Å². The highest BCUT2D eigenvalue weighted by atomic mass is 16.5. The molecule has 0 spiro atoms. The standard InChI is InChI=1S/C28H60N2O2/c29-23-17-13-9-5-1-3-7-11-15-19-25-31-27-21-22-28-32-26-20-16-12-8-4-2-6-10-14-18-24-30/h1-30H2. The van der Waals surface area contributed by atoms with E-state index < -0.39 is 0 Å². The molecule has 0 aliphatic carbocycles. The van der Waals surface area contributed by atoms with E-state index in [4.69, 9.17) is 20.9 Å². The fourth-order valence-corrected chi connectivity index (χ4v) is 4.14. The zero-order valence-electron chi connectivity index (χ0n) is 21.8. The highest BCUT2D eigenvalue weighted by Crippen LogP contribution is 2.11. The van der Waals surface area contributed by atoms with Gasteiger partial charge in [0.1, 0.15) is 0 Å². The van der Waals surface area contributed by atoms with Crippen LogP contribution in [0.2, 0.25) is 0 Å². The van der Waals surface area contributed by atoms with Crippen LogP contribution in [0.3, 0.4) is 0 Å². The van der Waals surface area contributed by atoms with E-state index in [9.17, 15) is 0 Å². The Morgan fingerprint density at radius 1 is 0.250 bits per heavy atom. The van der Waals surface area contributed by atoms with Crippen LogP contribution in [-0.2, 0) is 9.47 Å². The van der Waals surface area contributed by atoms with Crippen LogP contribution in [0, 0.1) is 0 Å². The van der Waals surface area contributed by atoms with Gasteiger partial charge in [-0.15, -0.1) is 0 Å². The van der Waals surface area contributed by atoms with E-state index >= 15 is 0 Å². The molecule has 0 saturated carbocycles. The highest BCUT2D eigenvalue weighted by Gasteiger charge is 1.96. The number of rotatable bonds is 29. The van der Waals surface area contributed by atoms with Crippen molar-refractivity contribution in [1.29, 1.82) is 0 Å². The summed E-state index contributed by atoms with van der Waals surface area (Å²) in [6.45, 7) is 5.39. The first-order valence-corrected chi connectivity index (χ1v) is 14.5. The molecule has 4 N–H and O–H groups in total. The molecule has 32 heavy (non-hydrogen) atoms. The van der Waals surface area contributed by atoms with Gasteiger partial charge < -0.3 is 20.9 Å². The number of ether oxygens (including phenoxy) is 2. The smallest absolute Gasteiger partial charge is 0.0466 e. The number of hydrogen-bond donors (Lipinski definition) is 2. The lowest BCUT2D eigenvalue weighted by atomic mass is 10.1. The molecule has 0 atom stereocenters. The second-order valence-electron chi connectivity index (χ2n) is 9.58. The molecular weight excluding hydrogens is 396 g/mol. The average molecular weight is 457 g/mol. The molecule has 0 saturated heterocycles. The summed E-state index contributed by atoms with van der Waals surface area (Å²) in [5.74, 6) is 0. The summed E-state index contributed by atoms with van der Waals surface area (Å²) >= 11 is 0. The average Bonchev–Trinajstić information content (AvgIpc) is 2.81. The quantitative estimate of drug-likeness (QED) is 0.114. The second-order valence-corrected chi connectivity index (χ2v) is 9.58. The summed E-state index contributed by atoms with van der Waals surface area (Å²) in [6, 6.07) is 0. The number of unbranched alkanes of at least 4 members (excludes halogenated alkanes) is 19. The van der Waals surface area contributed by atoms with Gasteiger partial charge in [-0.1, -0.05) is 103 Å². The third-order valence-electron chi connectivity index (χ3n) is 6.31. The molecule has 194 valence electrons. The monoisotopic (exact) mass is 456 g/mol. The zero-order chi connectivity index (χ0) is 23.2. The molecular formula is C28H60N2O2. The summed E-state index contributed by atoms with van der Waals surface area (Å²) in [7, 11) is 0. The van der Waals surface area contributed by atoms with Crippen molar-refractivity contribution >= 4 is 0 Å². The van der Waals surface area contributed by atoms with Crippen molar-refractivity contribution in [2.24, 2.45) is 11.5 Å². The molecule has 0 amide bonds. The Bertz CT molecular complexity index is 286. The third kappa shape index (κ3) is 29.8. The Morgan fingerprint density at radius 3 is 0.688 bits per heavy atom. The van der Waals surface area contributed by atoms with Gasteiger partial charge in [-0.25, -0.2) is 0 Å². The Hall–Kier alpha value is -0.160. The van der Waals surface area contributed by atoms with E-state index in [0.717, 1.165) is 52.4 Å². The van der Waals surface area contributed by atoms with Crippen molar-refractivity contribution in [1.82, 2.24) is 0 Å². The van der Waals surface area contributed by atoms with Gasteiger partial charge in [-0.3, -0.25) is 0 Å². The van der Waals surface area contributed by atoms with E-state index in [2.05, 4.69) is 0 Å². The molecule has 0 aromatic carbocycles. The van der Waals surface area contributed by atoms with Gasteiger partial charge in [0.2, 0.25) is 0 Å². The molecule has 0 unspecified atom stereocenters. The Kier molecular flexibility index (Phi) is 30.7. The van der Waals surface area contributed by atoms with Crippen molar-refractivity contribution in [3.8, 4) is 0 Å². The minimum atomic E-state index is 0.854. The maximum Gasteiger partial charge on any atom is 0.0466 e. The van der Waals surface area contributed by atoms with Crippen LogP contribution < -0.4 is 11.5 Å². The van der Waals surface area contributed by atoms with E-state index in [0.29, 0.717) is 0 Å². The normalized spacial score (nSPS) is 11.4. The summed E-state index contributed by atoms with van der Waals surface area (Å²) in [5.41, 5.74) is 11.0. The van der Waals surface area contributed by atoms with Crippen LogP contribution in [0.15, 0.2) is 0 Å². The highest BCUT2D eigenvalue weighted by molar-refractivity contribution is 4.50. The van der Waals surface area contributed by atoms with Gasteiger partial charge in [0, 0.05) is 26.4 Å². The molecule has 0 aromatic heterocycles. The molecule has 4 heteroatoms. The minimum absolute atomic E-state index is 0.854. The van der Waals surface area contributed by atoms with Gasteiger partial charge in [0.05, 0.1) is 0 Å². The number of hydrogen-bond acceptors (Lipinski definition) is 4. The van der Waals surface area contributed by atoms with E-state index in [-0.39, 0.29) is 0 Å². The van der Waals surface area contributed by atoms with Crippen molar-refractivity contribution in [2.45, 2.75) is 141 Å². The van der Waals surface area contributed by atoms with E-state index in [1.807, 2.05) is 0 Å². The van der Waals surface area contributed by atoms with Gasteiger partial charge >= 0.3 is 0 Å². The van der Waals surface area contributed by atoms with Crippen LogP contribution in [0.4, 0.5) is 0 Å². The van der Waals surface area contributed by atoms with Crippen molar-refractivity contribution in [3.05, 3.63) is 0 Å². The van der Waals surface area contributed by atoms with Crippen molar-refractivity contribution < 1.29 is 9.47 Å². The summed E-state index contributed by atoms with van der Waals surface area (Å²) in [4.78, 5) is 0. The van der Waals surface area contributed by atoms with Crippen LogP contribution in [-0.4, -0.2) is 39.5 Å². The topological polar surface area (TPSA) is 70.5 Å². The zero-order valence-corrected chi connectivity index (χ0v) is 21.8. The molecule has 0 aliphatic rings. The van der Waals surface area contributed by atoms with Crippen molar-refractivity contribution in [3.63, 3.8) is 0 Å². The fraction of sp³-hybridized carbons (Fsp3) is 1.00. The molecule has 0 rings (SSSR count). The maximum atomic E-state index is 5.76. The first-order valence-electron chi connectivity index (χ1n) is 14.5. The summed E-state index contributed by atoms with van der Waals surface area (Å²) < 4.78 is 11.5. The van der Waals surface area contributed by atoms with Gasteiger partial charge in [-0.2, -0.15) is 0 Å². The van der Waals surface area contributed by atoms with Crippen molar-refractivity contribution in [2.75, 3.05) is 39.5 Å². The van der Waals surface area contributed by atoms with Crippen LogP contribution in [0.5, 0.6) is 0 Å². The lowest BCUT2D eigenvalue weighted by Gasteiger charge is -2.06. The van der Waals surface area contributed by atoms with Crippen LogP contribution >= 0.6 is 0 Å². The molecule has 0 aliphatic heterocycles.